The third-order valence-electron chi connectivity index (χ3n) is 4.98. The van der Waals surface area contributed by atoms with Crippen molar-refractivity contribution >= 4 is 15.9 Å². The molecular weight excluding hydrogens is 342 g/mol. The van der Waals surface area contributed by atoms with E-state index in [0.717, 1.165) is 0 Å². The van der Waals surface area contributed by atoms with Gasteiger partial charge in [-0.3, -0.25) is 4.79 Å². The molecule has 8 heteroatoms. The highest BCUT2D eigenvalue weighted by molar-refractivity contribution is 7.89. The summed E-state index contributed by atoms with van der Waals surface area (Å²) in [6.45, 7) is 2.28. The summed E-state index contributed by atoms with van der Waals surface area (Å²) in [4.78, 5) is 12.7. The van der Waals surface area contributed by atoms with Gasteiger partial charge in [-0.15, -0.1) is 0 Å². The average molecular weight is 367 g/mol. The van der Waals surface area contributed by atoms with E-state index >= 15 is 0 Å². The lowest BCUT2D eigenvalue weighted by atomic mass is 9.98. The summed E-state index contributed by atoms with van der Waals surface area (Å²) in [5.41, 5.74) is 0. The second kappa shape index (κ2) is 7.82. The number of carbonyl (C=O) groups is 1. The molecule has 0 aliphatic carbocycles. The Morgan fingerprint density at radius 2 is 2.04 bits per heavy atom. The highest BCUT2D eigenvalue weighted by Gasteiger charge is 2.34. The fraction of sp³-hybridized carbons (Fsp3) is 0.588. The Bertz CT molecular complexity index is 695. The van der Waals surface area contributed by atoms with E-state index < -0.39 is 16.1 Å². The van der Waals surface area contributed by atoms with E-state index in [4.69, 9.17) is 0 Å². The first-order valence-corrected chi connectivity index (χ1v) is 10.1. The van der Waals surface area contributed by atoms with Gasteiger partial charge in [0.15, 0.2) is 0 Å². The smallest absolute Gasteiger partial charge is 0.243 e. The first-order chi connectivity index (χ1) is 12.0. The summed E-state index contributed by atoms with van der Waals surface area (Å²) in [5, 5.41) is 15.7. The Kier molecular flexibility index (Phi) is 5.73. The number of hydrogen-bond acceptors (Lipinski definition) is 5. The minimum Gasteiger partial charge on any atom is -0.391 e. The van der Waals surface area contributed by atoms with E-state index in [2.05, 4.69) is 10.6 Å². The summed E-state index contributed by atoms with van der Waals surface area (Å²) in [5.74, 6) is -0.470. The minimum atomic E-state index is -3.56. The van der Waals surface area contributed by atoms with Crippen LogP contribution < -0.4 is 10.6 Å². The minimum absolute atomic E-state index is 0.0108. The molecule has 3 N–H and O–H groups in total. The molecular formula is C17H25N3O4S. The molecule has 3 rings (SSSR count). The van der Waals surface area contributed by atoms with Crippen LogP contribution in [0.5, 0.6) is 0 Å². The molecule has 25 heavy (non-hydrogen) atoms. The van der Waals surface area contributed by atoms with Crippen LogP contribution in [0, 0.1) is 11.8 Å². The summed E-state index contributed by atoms with van der Waals surface area (Å²) in [6.07, 6.45) is 0.900. The topological polar surface area (TPSA) is 98.7 Å². The second-order valence-electron chi connectivity index (χ2n) is 6.75. The van der Waals surface area contributed by atoms with Crippen molar-refractivity contribution in [1.82, 2.24) is 14.9 Å². The van der Waals surface area contributed by atoms with Crippen molar-refractivity contribution in [3.8, 4) is 0 Å². The van der Waals surface area contributed by atoms with Gasteiger partial charge in [0.2, 0.25) is 15.9 Å². The molecule has 0 saturated carbocycles. The highest BCUT2D eigenvalue weighted by atomic mass is 32.2. The van der Waals surface area contributed by atoms with Gasteiger partial charge in [-0.2, -0.15) is 4.31 Å². The lowest BCUT2D eigenvalue weighted by Gasteiger charge is -2.31. The van der Waals surface area contributed by atoms with Crippen molar-refractivity contribution < 1.29 is 18.3 Å². The third-order valence-corrected chi connectivity index (χ3v) is 6.86. The van der Waals surface area contributed by atoms with Gasteiger partial charge in [0.25, 0.3) is 0 Å². The average Bonchev–Trinajstić information content (AvgIpc) is 3.05. The van der Waals surface area contributed by atoms with E-state index in [0.29, 0.717) is 39.0 Å². The van der Waals surface area contributed by atoms with Gasteiger partial charge in [0.05, 0.1) is 16.9 Å². The molecule has 7 nitrogen and oxygen atoms in total. The number of piperidine rings is 1. The molecule has 2 saturated heterocycles. The molecule has 0 aromatic heterocycles. The molecule has 0 spiro atoms. The van der Waals surface area contributed by atoms with Crippen molar-refractivity contribution in [2.75, 3.05) is 32.7 Å². The summed E-state index contributed by atoms with van der Waals surface area (Å²) >= 11 is 0. The number of carbonyl (C=O) groups excluding carboxylic acids is 1. The Balaban J connectivity index is 1.60. The van der Waals surface area contributed by atoms with Crippen molar-refractivity contribution in [2.45, 2.75) is 23.8 Å². The molecule has 1 amide bonds. The number of amides is 1. The Morgan fingerprint density at radius 3 is 2.72 bits per heavy atom. The number of aliphatic hydroxyl groups is 1. The van der Waals surface area contributed by atoms with E-state index in [9.17, 15) is 18.3 Å². The number of aliphatic hydroxyl groups excluding tert-OH is 1. The normalized spacial score (nSPS) is 28.0. The maximum atomic E-state index is 12.7. The Morgan fingerprint density at radius 1 is 1.28 bits per heavy atom. The summed E-state index contributed by atoms with van der Waals surface area (Å²) < 4.78 is 26.8. The standard InChI is InChI=1S/C17H25N3O4S/c21-16-11-18-9-14(16)10-19-17(22)13-5-4-8-20(12-13)25(23,24)15-6-2-1-3-7-15/h1-3,6-7,13-14,16,18,21H,4-5,8-12H2,(H,19,22). The van der Waals surface area contributed by atoms with Crippen molar-refractivity contribution in [2.24, 2.45) is 11.8 Å². The Labute approximate surface area is 148 Å². The lowest BCUT2D eigenvalue weighted by molar-refractivity contribution is -0.126. The monoisotopic (exact) mass is 367 g/mol. The molecule has 138 valence electrons. The van der Waals surface area contributed by atoms with Crippen molar-refractivity contribution in [3.05, 3.63) is 30.3 Å². The second-order valence-corrected chi connectivity index (χ2v) is 8.68. The predicted molar refractivity (Wildman–Crippen MR) is 93.3 cm³/mol. The van der Waals surface area contributed by atoms with Crippen molar-refractivity contribution in [1.29, 1.82) is 0 Å². The predicted octanol–water partition coefficient (Wildman–Crippen LogP) is -0.216. The van der Waals surface area contributed by atoms with Crippen LogP contribution in [-0.2, 0) is 14.8 Å². The molecule has 3 unspecified atom stereocenters. The molecule has 3 atom stereocenters. The zero-order valence-corrected chi connectivity index (χ0v) is 14.9. The molecule has 2 aliphatic rings. The van der Waals surface area contributed by atoms with Gasteiger partial charge in [0, 0.05) is 38.6 Å². The van der Waals surface area contributed by atoms with Crippen LogP contribution in [0.15, 0.2) is 35.2 Å². The number of β-amino-alcohol motifs (C(OH)–C–C–N with tert-alkyl or cyclic N) is 1. The number of benzene rings is 1. The van der Waals surface area contributed by atoms with Crippen molar-refractivity contribution in [3.63, 3.8) is 0 Å². The van der Waals surface area contributed by atoms with Gasteiger partial charge in [-0.1, -0.05) is 18.2 Å². The van der Waals surface area contributed by atoms with Crippen LogP contribution in [0.4, 0.5) is 0 Å². The van der Waals surface area contributed by atoms with Crippen LogP contribution in [0.25, 0.3) is 0 Å². The third kappa shape index (κ3) is 4.20. The maximum Gasteiger partial charge on any atom is 0.243 e. The van der Waals surface area contributed by atoms with Crippen LogP contribution in [-0.4, -0.2) is 62.6 Å². The summed E-state index contributed by atoms with van der Waals surface area (Å²) in [7, 11) is -3.56. The quantitative estimate of drug-likeness (QED) is 0.669. The fourth-order valence-corrected chi connectivity index (χ4v) is 4.96. The molecule has 2 aliphatic heterocycles. The number of hydrogen-bond donors (Lipinski definition) is 3. The first-order valence-electron chi connectivity index (χ1n) is 8.70. The molecule has 0 radical (unpaired) electrons. The van der Waals surface area contributed by atoms with Gasteiger partial charge in [-0.25, -0.2) is 8.42 Å². The van der Waals surface area contributed by atoms with Crippen LogP contribution in [0.2, 0.25) is 0 Å². The fourth-order valence-electron chi connectivity index (χ4n) is 3.42. The SMILES string of the molecule is O=C(NCC1CNCC1O)C1CCCN(S(=O)(=O)c2ccccc2)C1. The van der Waals surface area contributed by atoms with Crippen LogP contribution >= 0.6 is 0 Å². The maximum absolute atomic E-state index is 12.7. The largest absolute Gasteiger partial charge is 0.391 e. The zero-order valence-electron chi connectivity index (χ0n) is 14.1. The molecule has 2 heterocycles. The van der Waals surface area contributed by atoms with E-state index in [-0.39, 0.29) is 29.2 Å². The first kappa shape index (κ1) is 18.3. The Hall–Kier alpha value is -1.48. The van der Waals surface area contributed by atoms with Gasteiger partial charge in [0.1, 0.15) is 0 Å². The zero-order chi connectivity index (χ0) is 17.9. The number of nitrogens with zero attached hydrogens (tertiary/aromatic N) is 1. The van der Waals surface area contributed by atoms with Gasteiger partial charge >= 0.3 is 0 Å². The number of rotatable bonds is 5. The molecule has 1 aromatic rings. The number of nitrogens with one attached hydrogen (secondary N) is 2. The summed E-state index contributed by atoms with van der Waals surface area (Å²) in [6, 6.07) is 8.32. The van der Waals surface area contributed by atoms with Crippen LogP contribution in [0.1, 0.15) is 12.8 Å². The molecule has 0 bridgehead atoms. The van der Waals surface area contributed by atoms with E-state index in [1.807, 2.05) is 0 Å². The van der Waals surface area contributed by atoms with E-state index in [1.165, 1.54) is 4.31 Å². The lowest BCUT2D eigenvalue weighted by Crippen LogP contribution is -2.46. The van der Waals surface area contributed by atoms with Gasteiger partial charge in [-0.05, 0) is 25.0 Å². The van der Waals surface area contributed by atoms with E-state index in [1.54, 1.807) is 30.3 Å². The van der Waals surface area contributed by atoms with Gasteiger partial charge < -0.3 is 15.7 Å². The molecule has 1 aromatic carbocycles. The van der Waals surface area contributed by atoms with Crippen LogP contribution in [0.3, 0.4) is 0 Å². The highest BCUT2D eigenvalue weighted by Crippen LogP contribution is 2.24. The molecule has 2 fully saturated rings. The number of sulfonamides is 1.